The van der Waals surface area contributed by atoms with Gasteiger partial charge in [-0.25, -0.2) is 9.78 Å². The van der Waals surface area contributed by atoms with E-state index in [0.29, 0.717) is 27.7 Å². The summed E-state index contributed by atoms with van der Waals surface area (Å²) >= 11 is 6.83. The van der Waals surface area contributed by atoms with Gasteiger partial charge < -0.3 is 78.0 Å². The van der Waals surface area contributed by atoms with Gasteiger partial charge in [0, 0.05) is 30.3 Å². The fraction of sp³-hybridized carbons (Fsp3) is 0.571. The van der Waals surface area contributed by atoms with Crippen molar-refractivity contribution in [2.75, 3.05) is 34.9 Å². The van der Waals surface area contributed by atoms with E-state index in [9.17, 15) is 30.0 Å². The van der Waals surface area contributed by atoms with Crippen LogP contribution in [0.5, 0.6) is 28.7 Å². The van der Waals surface area contributed by atoms with Crippen LogP contribution in [0, 0.1) is 0 Å². The summed E-state index contributed by atoms with van der Waals surface area (Å²) in [4.78, 5) is 35.2. The van der Waals surface area contributed by atoms with E-state index in [2.05, 4.69) is 10.3 Å². The maximum atomic E-state index is 14.5. The minimum Gasteiger partial charge on any atom is -0.507 e. The average Bonchev–Trinajstić information content (AvgIpc) is 3.79. The summed E-state index contributed by atoms with van der Waals surface area (Å²) in [6.07, 6.45) is -5.10. The summed E-state index contributed by atoms with van der Waals surface area (Å²) < 4.78 is 62.2. The van der Waals surface area contributed by atoms with Gasteiger partial charge in [0.2, 0.25) is 5.75 Å². The number of benzene rings is 2. The number of likely N-dealkylation sites (N-methyl/N-ethyl adjacent to an activating group) is 1. The minimum absolute atomic E-state index is 0.0555. The first-order chi connectivity index (χ1) is 32.7. The largest absolute Gasteiger partial charge is 0.507 e. The monoisotopic (exact) mass is 981 g/mol. The van der Waals surface area contributed by atoms with Gasteiger partial charge in [-0.1, -0.05) is 11.6 Å². The summed E-state index contributed by atoms with van der Waals surface area (Å²) in [5, 5.41) is 48.0. The number of pyridine rings is 1. The molecule has 3 aromatic rings. The number of carbonyl (C=O) groups is 2. The first kappa shape index (κ1) is 49.2. The number of aliphatic hydroxyl groups excluding tert-OH is 2. The second kappa shape index (κ2) is 18.7. The molecular weight excluding hydrogens is 922 g/mol. The summed E-state index contributed by atoms with van der Waals surface area (Å²) in [6, 6.07) is 5.99. The quantitative estimate of drug-likeness (QED) is 0.105. The van der Waals surface area contributed by atoms with Crippen LogP contribution in [0.3, 0.4) is 0 Å². The highest BCUT2D eigenvalue weighted by molar-refractivity contribution is 6.30. The highest BCUT2D eigenvalue weighted by Crippen LogP contribution is 2.61. The molecule has 1 aromatic heterocycles. The molecule has 20 heteroatoms. The Kier molecular flexibility index (Phi) is 13.4. The van der Waals surface area contributed by atoms with E-state index in [4.69, 9.17) is 59.0 Å². The van der Waals surface area contributed by atoms with Gasteiger partial charge in [-0.15, -0.1) is 0 Å². The van der Waals surface area contributed by atoms with E-state index in [1.807, 2.05) is 51.9 Å². The van der Waals surface area contributed by atoms with Crippen molar-refractivity contribution in [3.05, 3.63) is 70.0 Å². The molecule has 1 amide bonds. The van der Waals surface area contributed by atoms with Crippen molar-refractivity contribution in [2.45, 2.75) is 145 Å². The van der Waals surface area contributed by atoms with E-state index < -0.39 is 90.5 Å². The number of hydrogen-bond donors (Lipinski definition) is 5. The van der Waals surface area contributed by atoms with E-state index in [1.54, 1.807) is 25.1 Å². The Bertz CT molecular complexity index is 2540. The number of nitrogens with zero attached hydrogens (tertiary/aromatic N) is 2. The maximum absolute atomic E-state index is 14.5. The first-order valence-electron chi connectivity index (χ1n) is 23.1. The topological polar surface area (TPSA) is 239 Å². The smallest absolute Gasteiger partial charge is 0.329 e. The van der Waals surface area contributed by atoms with Crippen LogP contribution < -0.4 is 24.3 Å². The predicted octanol–water partition coefficient (Wildman–Crippen LogP) is 3.50. The van der Waals surface area contributed by atoms with Crippen molar-refractivity contribution in [3.63, 3.8) is 0 Å². The molecule has 4 bridgehead atoms. The van der Waals surface area contributed by atoms with Gasteiger partial charge in [-0.3, -0.25) is 4.79 Å². The lowest BCUT2D eigenvalue weighted by Gasteiger charge is -2.43. The Labute approximate surface area is 404 Å². The second-order valence-electron chi connectivity index (χ2n) is 19.3. The normalized spacial score (nSPS) is 35.1. The Morgan fingerprint density at radius 1 is 1.01 bits per heavy atom. The summed E-state index contributed by atoms with van der Waals surface area (Å²) in [6.45, 7) is 8.34. The summed E-state index contributed by atoms with van der Waals surface area (Å²) in [5.74, 6) is -0.967. The maximum Gasteiger partial charge on any atom is 0.329 e. The van der Waals surface area contributed by atoms with E-state index >= 15 is 0 Å². The molecule has 1 spiro atoms. The molecule has 6 heterocycles. The zero-order valence-corrected chi connectivity index (χ0v) is 40.6. The number of nitrogens with one attached hydrogen (secondary N) is 1. The third-order valence-corrected chi connectivity index (χ3v) is 14.0. The number of fused-ring (bicyclic) bond motifs is 8. The molecule has 14 atom stereocenters. The molecule has 3 fully saturated rings. The molecule has 2 aromatic carbocycles. The molecule has 374 valence electrons. The summed E-state index contributed by atoms with van der Waals surface area (Å²) in [5.41, 5.74) is -1.33. The fourth-order valence-electron chi connectivity index (χ4n) is 10.5. The lowest BCUT2D eigenvalue weighted by atomic mass is 9.88. The second-order valence-corrected chi connectivity index (χ2v) is 19.6. The van der Waals surface area contributed by atoms with Gasteiger partial charge in [-0.05, 0) is 108 Å². The van der Waals surface area contributed by atoms with Gasteiger partial charge in [0.05, 0.1) is 55.8 Å². The summed E-state index contributed by atoms with van der Waals surface area (Å²) in [7, 11) is 6.62. The van der Waals surface area contributed by atoms with Crippen LogP contribution in [0.25, 0.3) is 10.8 Å². The molecule has 5 aliphatic heterocycles. The van der Waals surface area contributed by atoms with Crippen molar-refractivity contribution in [1.29, 1.82) is 0 Å². The van der Waals surface area contributed by atoms with Crippen molar-refractivity contribution in [3.8, 4) is 28.7 Å². The van der Waals surface area contributed by atoms with Crippen molar-refractivity contribution >= 4 is 34.2 Å². The van der Waals surface area contributed by atoms with Crippen LogP contribution in [0.1, 0.15) is 63.5 Å². The van der Waals surface area contributed by atoms with Crippen LogP contribution in [-0.2, 0) is 39.6 Å². The van der Waals surface area contributed by atoms with Crippen molar-refractivity contribution in [1.82, 2.24) is 15.2 Å². The molecule has 2 unspecified atom stereocenters. The number of phenols is 1. The molecule has 0 radical (unpaired) electrons. The number of halogens is 1. The Morgan fingerprint density at radius 3 is 2.42 bits per heavy atom. The number of esters is 1. The Morgan fingerprint density at radius 2 is 1.75 bits per heavy atom. The highest BCUT2D eigenvalue weighted by Gasteiger charge is 2.73. The zero-order valence-electron chi connectivity index (χ0n) is 39.8. The van der Waals surface area contributed by atoms with Gasteiger partial charge >= 0.3 is 5.97 Å². The number of amides is 1. The molecule has 5 N–H and O–H groups in total. The van der Waals surface area contributed by atoms with Crippen molar-refractivity contribution in [2.24, 2.45) is 0 Å². The number of carbonyl (C=O) groups excluding carboxylic acids is 2. The lowest BCUT2D eigenvalue weighted by molar-refractivity contribution is -0.290. The molecule has 69 heavy (non-hydrogen) atoms. The number of methoxy groups -OCH3 is 2. The van der Waals surface area contributed by atoms with Gasteiger partial charge in [0.1, 0.15) is 48.9 Å². The van der Waals surface area contributed by atoms with E-state index in [-0.39, 0.29) is 77.4 Å². The molecule has 2 aliphatic carbocycles. The van der Waals surface area contributed by atoms with Gasteiger partial charge in [0.25, 0.3) is 5.91 Å². The number of epoxide rings is 1. The number of ether oxygens (including phenoxy) is 10. The standard InChI is InChI=1S/C49H60ClN3O16/c1-21(2)63-34-13-24-12-31(54)28(15-26(24)41(60-8)42(34)61-9)46(57)52-30-14-25-10-11-33(45(50)51-25)66-35-17-29-27(36(20-62-47(30)58)67-38-18-32(55)40(53(6)7)22(3)64-38)16-37-49(29,69-37)44(35)68-39-19-48(5,59)43(56)23(4)65-39/h10-13,15-17,21-23,30,32,35-40,43-44,54-56,59H,14,18-20H2,1-9H3,(H,52,57)/t22-,23-,30?,32-,35-,36?,37-,38-,39-,40+,43-,44-,48+,49+/m0/s1. The zero-order chi connectivity index (χ0) is 49.4. The van der Waals surface area contributed by atoms with E-state index in [0.717, 1.165) is 0 Å². The molecule has 10 rings (SSSR count). The minimum atomic E-state index is -1.52. The lowest BCUT2D eigenvalue weighted by Crippen LogP contribution is -2.57. The molecule has 3 saturated heterocycles. The predicted molar refractivity (Wildman–Crippen MR) is 246 cm³/mol. The third kappa shape index (κ3) is 9.11. The van der Waals surface area contributed by atoms with Crippen LogP contribution in [-0.4, -0.2) is 168 Å². The first-order valence-corrected chi connectivity index (χ1v) is 23.5. The Balaban J connectivity index is 1.06. The van der Waals surface area contributed by atoms with Crippen molar-refractivity contribution < 1.29 is 77.4 Å². The molecule has 19 nitrogen and oxygen atoms in total. The number of aliphatic hydroxyl groups is 3. The average molecular weight is 982 g/mol. The fourth-order valence-corrected chi connectivity index (χ4v) is 10.7. The van der Waals surface area contributed by atoms with Crippen LogP contribution in [0.4, 0.5) is 0 Å². The molecular formula is C49H60ClN3O16. The molecule has 0 saturated carbocycles. The third-order valence-electron chi connectivity index (χ3n) is 13.7. The van der Waals surface area contributed by atoms with Gasteiger partial charge in [0.15, 0.2) is 40.6 Å². The van der Waals surface area contributed by atoms with Crippen LogP contribution >= 0.6 is 11.6 Å². The number of phenolic OH excluding ortho intramolecular Hbond substituents is 1. The number of aromatic hydroxyl groups is 1. The van der Waals surface area contributed by atoms with Crippen LogP contribution in [0.15, 0.2) is 53.6 Å². The number of rotatable bonds is 11. The molecule has 7 aliphatic rings. The Hall–Kier alpha value is -4.80. The highest BCUT2D eigenvalue weighted by atomic mass is 35.5. The van der Waals surface area contributed by atoms with Crippen LogP contribution in [0.2, 0.25) is 5.15 Å². The number of hydrogen-bond acceptors (Lipinski definition) is 18. The van der Waals surface area contributed by atoms with Gasteiger partial charge in [-0.2, -0.15) is 0 Å². The SMILES string of the molecule is COc1c(OC(C)C)cc2cc(O)c(C(=O)NC3Cc4ccc(c(Cl)n4)O[C@H]4C=C5C(=C[C@@H]6O[C@]56[C@H]4O[C@H]4C[C@@](C)(O)[C@@H](O)[C@H](C)O4)C(O[C@H]4C[C@H](O)[C@H](N(C)C)[C@H](C)O4)COC3=O)cc2c1OC. The number of aromatic nitrogens is 1. The van der Waals surface area contributed by atoms with E-state index in [1.165, 1.54) is 33.3 Å².